The minimum Gasteiger partial charge on any atom is -0.495 e. The maximum Gasteiger partial charge on any atom is 0.244 e. The number of piperidine rings is 1. The van der Waals surface area contributed by atoms with Crippen LogP contribution in [0.15, 0.2) is 23.1 Å². The minimum absolute atomic E-state index is 0.104. The molecule has 1 aromatic rings. The monoisotopic (exact) mass is 312 g/mol. The van der Waals surface area contributed by atoms with E-state index < -0.39 is 10.0 Å². The SMILES string of the molecule is COc1ccc(C)cc1S(=O)(=O)NC(C)C1CCCNC1. The van der Waals surface area contributed by atoms with Crippen LogP contribution in [0.4, 0.5) is 0 Å². The molecular formula is C15H24N2O3S. The normalized spacial score (nSPS) is 21.0. The highest BCUT2D eigenvalue weighted by Crippen LogP contribution is 2.25. The number of methoxy groups -OCH3 is 1. The summed E-state index contributed by atoms with van der Waals surface area (Å²) < 4.78 is 33.2. The van der Waals surface area contributed by atoms with E-state index in [2.05, 4.69) is 10.0 Å². The van der Waals surface area contributed by atoms with Gasteiger partial charge in [-0.15, -0.1) is 0 Å². The molecule has 2 rings (SSSR count). The van der Waals surface area contributed by atoms with Crippen LogP contribution in [0, 0.1) is 12.8 Å². The van der Waals surface area contributed by atoms with Gasteiger partial charge >= 0.3 is 0 Å². The first kappa shape index (κ1) is 16.3. The van der Waals surface area contributed by atoms with Crippen molar-refractivity contribution in [1.82, 2.24) is 10.0 Å². The third kappa shape index (κ3) is 3.96. The van der Waals surface area contributed by atoms with E-state index in [1.807, 2.05) is 19.9 Å². The van der Waals surface area contributed by atoms with Crippen LogP contribution in [-0.2, 0) is 10.0 Å². The van der Waals surface area contributed by atoms with Gasteiger partial charge in [-0.3, -0.25) is 0 Å². The Labute approximate surface area is 127 Å². The molecule has 6 heteroatoms. The summed E-state index contributed by atoms with van der Waals surface area (Å²) in [4.78, 5) is 0.209. The van der Waals surface area contributed by atoms with E-state index in [1.54, 1.807) is 12.1 Å². The highest BCUT2D eigenvalue weighted by Gasteiger charge is 2.27. The van der Waals surface area contributed by atoms with Gasteiger partial charge in [0.05, 0.1) is 7.11 Å². The summed E-state index contributed by atoms with van der Waals surface area (Å²) in [5.41, 5.74) is 0.892. The Balaban J connectivity index is 2.19. The smallest absolute Gasteiger partial charge is 0.244 e. The van der Waals surface area contributed by atoms with Gasteiger partial charge in [0, 0.05) is 6.04 Å². The van der Waals surface area contributed by atoms with Crippen LogP contribution < -0.4 is 14.8 Å². The van der Waals surface area contributed by atoms with Gasteiger partial charge in [0.2, 0.25) is 10.0 Å². The fourth-order valence-electron chi connectivity index (χ4n) is 2.70. The Hall–Kier alpha value is -1.11. The number of aryl methyl sites for hydroxylation is 1. The fraction of sp³-hybridized carbons (Fsp3) is 0.600. The van der Waals surface area contributed by atoms with Crippen molar-refractivity contribution in [3.8, 4) is 5.75 Å². The van der Waals surface area contributed by atoms with Crippen LogP contribution in [0.5, 0.6) is 5.75 Å². The Kier molecular flexibility index (Phi) is 5.24. The van der Waals surface area contributed by atoms with Gasteiger partial charge in [0.25, 0.3) is 0 Å². The van der Waals surface area contributed by atoms with Crippen molar-refractivity contribution < 1.29 is 13.2 Å². The predicted molar refractivity (Wildman–Crippen MR) is 83.1 cm³/mol. The fourth-order valence-corrected chi connectivity index (χ4v) is 4.27. The van der Waals surface area contributed by atoms with Crippen molar-refractivity contribution in [1.29, 1.82) is 0 Å². The third-order valence-corrected chi connectivity index (χ3v) is 5.57. The Morgan fingerprint density at radius 3 is 2.81 bits per heavy atom. The van der Waals surface area contributed by atoms with Gasteiger partial charge in [-0.1, -0.05) is 6.07 Å². The van der Waals surface area contributed by atoms with E-state index in [1.165, 1.54) is 7.11 Å². The maximum atomic E-state index is 12.6. The lowest BCUT2D eigenvalue weighted by Gasteiger charge is -2.29. The Morgan fingerprint density at radius 1 is 1.43 bits per heavy atom. The number of rotatable bonds is 5. The molecule has 0 amide bonds. The number of benzene rings is 1. The second-order valence-electron chi connectivity index (χ2n) is 5.67. The minimum atomic E-state index is -3.58. The highest BCUT2D eigenvalue weighted by atomic mass is 32.2. The first-order chi connectivity index (χ1) is 9.94. The summed E-state index contributed by atoms with van der Waals surface area (Å²) in [6.45, 7) is 5.67. The zero-order chi connectivity index (χ0) is 15.5. The summed E-state index contributed by atoms with van der Waals surface area (Å²) in [5.74, 6) is 0.700. The molecule has 5 nitrogen and oxygen atoms in total. The number of hydrogen-bond acceptors (Lipinski definition) is 4. The second-order valence-corrected chi connectivity index (χ2v) is 7.35. The number of ether oxygens (including phenoxy) is 1. The lowest BCUT2D eigenvalue weighted by molar-refractivity contribution is 0.320. The van der Waals surface area contributed by atoms with Crippen molar-refractivity contribution in [2.75, 3.05) is 20.2 Å². The first-order valence-corrected chi connectivity index (χ1v) is 8.80. The zero-order valence-corrected chi connectivity index (χ0v) is 13.7. The number of nitrogens with one attached hydrogen (secondary N) is 2. The van der Waals surface area contributed by atoms with Crippen molar-refractivity contribution in [3.05, 3.63) is 23.8 Å². The Bertz CT molecular complexity index is 581. The molecule has 1 fully saturated rings. The van der Waals surface area contributed by atoms with E-state index in [-0.39, 0.29) is 10.9 Å². The van der Waals surface area contributed by atoms with E-state index in [0.717, 1.165) is 31.5 Å². The van der Waals surface area contributed by atoms with Crippen LogP contribution in [0.1, 0.15) is 25.3 Å². The predicted octanol–water partition coefficient (Wildman–Crippen LogP) is 1.67. The average Bonchev–Trinajstić information content (AvgIpc) is 2.47. The largest absolute Gasteiger partial charge is 0.495 e. The molecule has 1 heterocycles. The quantitative estimate of drug-likeness (QED) is 0.868. The lowest BCUT2D eigenvalue weighted by atomic mass is 9.94. The molecule has 0 bridgehead atoms. The molecule has 1 aliphatic rings. The van der Waals surface area contributed by atoms with Crippen LogP contribution in [-0.4, -0.2) is 34.7 Å². The van der Waals surface area contributed by atoms with E-state index in [4.69, 9.17) is 4.74 Å². The summed E-state index contributed by atoms with van der Waals surface area (Å²) in [5, 5.41) is 3.31. The molecule has 0 saturated carbocycles. The van der Waals surface area contributed by atoms with Crippen LogP contribution in [0.25, 0.3) is 0 Å². The second kappa shape index (κ2) is 6.77. The zero-order valence-electron chi connectivity index (χ0n) is 12.8. The molecule has 0 aliphatic carbocycles. The van der Waals surface area contributed by atoms with Gasteiger partial charge in [-0.05, 0) is 63.4 Å². The van der Waals surface area contributed by atoms with Crippen LogP contribution in [0.3, 0.4) is 0 Å². The van der Waals surface area contributed by atoms with Crippen LogP contribution >= 0.6 is 0 Å². The standard InChI is InChI=1S/C15H24N2O3S/c1-11-6-7-14(20-3)15(9-11)21(18,19)17-12(2)13-5-4-8-16-10-13/h6-7,9,12-13,16-17H,4-5,8,10H2,1-3H3. The molecule has 2 atom stereocenters. The van der Waals surface area contributed by atoms with Gasteiger partial charge in [0.1, 0.15) is 10.6 Å². The summed E-state index contributed by atoms with van der Waals surface area (Å²) in [6.07, 6.45) is 2.13. The van der Waals surface area contributed by atoms with E-state index in [9.17, 15) is 8.42 Å². The summed E-state index contributed by atoms with van der Waals surface area (Å²) in [6, 6.07) is 5.07. The molecule has 1 aromatic carbocycles. The molecule has 1 aliphatic heterocycles. The van der Waals surface area contributed by atoms with Gasteiger partial charge in [-0.25, -0.2) is 13.1 Å². The van der Waals surface area contributed by atoms with Crippen molar-refractivity contribution in [2.24, 2.45) is 5.92 Å². The lowest BCUT2D eigenvalue weighted by Crippen LogP contribution is -2.44. The van der Waals surface area contributed by atoms with E-state index in [0.29, 0.717) is 11.7 Å². The molecule has 118 valence electrons. The molecule has 0 radical (unpaired) electrons. The van der Waals surface area contributed by atoms with Gasteiger partial charge in [-0.2, -0.15) is 0 Å². The molecule has 21 heavy (non-hydrogen) atoms. The average molecular weight is 312 g/mol. The number of hydrogen-bond donors (Lipinski definition) is 2. The molecule has 0 aromatic heterocycles. The molecule has 1 saturated heterocycles. The summed E-state index contributed by atoms with van der Waals surface area (Å²) >= 11 is 0. The van der Waals surface area contributed by atoms with Gasteiger partial charge < -0.3 is 10.1 Å². The summed E-state index contributed by atoms with van der Waals surface area (Å²) in [7, 11) is -2.09. The highest BCUT2D eigenvalue weighted by molar-refractivity contribution is 7.89. The third-order valence-electron chi connectivity index (χ3n) is 3.99. The maximum absolute atomic E-state index is 12.6. The van der Waals surface area contributed by atoms with Crippen molar-refractivity contribution >= 4 is 10.0 Å². The molecule has 2 N–H and O–H groups in total. The topological polar surface area (TPSA) is 67.4 Å². The Morgan fingerprint density at radius 2 is 2.19 bits per heavy atom. The molecular weight excluding hydrogens is 288 g/mol. The first-order valence-electron chi connectivity index (χ1n) is 7.31. The van der Waals surface area contributed by atoms with Gasteiger partial charge in [0.15, 0.2) is 0 Å². The number of sulfonamides is 1. The molecule has 0 spiro atoms. The molecule has 2 unspecified atom stereocenters. The van der Waals surface area contributed by atoms with Crippen LogP contribution in [0.2, 0.25) is 0 Å². The van der Waals surface area contributed by atoms with E-state index >= 15 is 0 Å². The van der Waals surface area contributed by atoms with Crippen molar-refractivity contribution in [3.63, 3.8) is 0 Å². The van der Waals surface area contributed by atoms with Crippen molar-refractivity contribution in [2.45, 2.75) is 37.6 Å².